The summed E-state index contributed by atoms with van der Waals surface area (Å²) < 4.78 is 5.23. The van der Waals surface area contributed by atoms with Crippen LogP contribution in [-0.2, 0) is 0 Å². The highest BCUT2D eigenvalue weighted by molar-refractivity contribution is 7.80. The number of likely N-dealkylation sites (N-methyl/N-ethyl adjacent to an activating group) is 1. The lowest BCUT2D eigenvalue weighted by Gasteiger charge is -2.33. The molecular formula is C14H23N3OS. The lowest BCUT2D eigenvalue weighted by molar-refractivity contribution is 0.210. The standard InChI is InChI=1S/C14H23N3OS/c1-14(2,17(3)4)9-16-12-8-10(18-5)6-7-11(12)13(15)19/h6-8,16H,9H2,1-5H3,(H2,15,19). The number of hydrogen-bond donors (Lipinski definition) is 2. The van der Waals surface area contributed by atoms with Crippen molar-refractivity contribution in [1.82, 2.24) is 4.90 Å². The summed E-state index contributed by atoms with van der Waals surface area (Å²) in [5, 5.41) is 3.40. The highest BCUT2D eigenvalue weighted by Crippen LogP contribution is 2.23. The SMILES string of the molecule is COc1ccc(C(N)=S)c(NCC(C)(C)N(C)C)c1. The maximum Gasteiger partial charge on any atom is 0.120 e. The minimum absolute atomic E-state index is 0.0244. The van der Waals surface area contributed by atoms with Gasteiger partial charge in [0.1, 0.15) is 10.7 Å². The van der Waals surface area contributed by atoms with Crippen molar-refractivity contribution in [3.05, 3.63) is 23.8 Å². The molecule has 0 saturated carbocycles. The van der Waals surface area contributed by atoms with Gasteiger partial charge in [-0.2, -0.15) is 0 Å². The van der Waals surface area contributed by atoms with E-state index >= 15 is 0 Å². The fourth-order valence-corrected chi connectivity index (χ4v) is 1.66. The molecule has 0 aromatic heterocycles. The molecule has 0 bridgehead atoms. The molecule has 1 aromatic rings. The summed E-state index contributed by atoms with van der Waals surface area (Å²) in [7, 11) is 5.76. The Bertz CT molecular complexity index is 458. The molecule has 106 valence electrons. The molecule has 0 unspecified atom stereocenters. The van der Waals surface area contributed by atoms with Gasteiger partial charge in [0.25, 0.3) is 0 Å². The van der Waals surface area contributed by atoms with Crippen molar-refractivity contribution in [2.24, 2.45) is 5.73 Å². The van der Waals surface area contributed by atoms with Crippen LogP contribution in [0.15, 0.2) is 18.2 Å². The highest BCUT2D eigenvalue weighted by atomic mass is 32.1. The molecule has 0 heterocycles. The zero-order valence-electron chi connectivity index (χ0n) is 12.3. The van der Waals surface area contributed by atoms with Gasteiger partial charge in [0, 0.05) is 29.4 Å². The molecule has 3 N–H and O–H groups in total. The van der Waals surface area contributed by atoms with Gasteiger partial charge >= 0.3 is 0 Å². The van der Waals surface area contributed by atoms with Crippen LogP contribution in [-0.4, -0.2) is 43.2 Å². The van der Waals surface area contributed by atoms with Gasteiger partial charge in [0.2, 0.25) is 0 Å². The minimum atomic E-state index is 0.0244. The van der Waals surface area contributed by atoms with Crippen LogP contribution in [0, 0.1) is 0 Å². The Morgan fingerprint density at radius 2 is 2.05 bits per heavy atom. The van der Waals surface area contributed by atoms with Crippen molar-refractivity contribution < 1.29 is 4.74 Å². The summed E-state index contributed by atoms with van der Waals surface area (Å²) in [6.07, 6.45) is 0. The van der Waals surface area contributed by atoms with Gasteiger partial charge in [-0.1, -0.05) is 12.2 Å². The Morgan fingerprint density at radius 1 is 1.42 bits per heavy atom. The van der Waals surface area contributed by atoms with Crippen LogP contribution in [0.4, 0.5) is 5.69 Å². The number of nitrogens with zero attached hydrogens (tertiary/aromatic N) is 1. The number of nitrogens with one attached hydrogen (secondary N) is 1. The second kappa shape index (κ2) is 6.21. The monoisotopic (exact) mass is 281 g/mol. The van der Waals surface area contributed by atoms with Gasteiger partial charge < -0.3 is 20.7 Å². The number of nitrogens with two attached hydrogens (primary N) is 1. The quantitative estimate of drug-likeness (QED) is 0.782. The Morgan fingerprint density at radius 3 is 2.53 bits per heavy atom. The predicted octanol–water partition coefficient (Wildman–Crippen LogP) is 2.08. The van der Waals surface area contributed by atoms with Gasteiger partial charge in [-0.25, -0.2) is 0 Å². The van der Waals surface area contributed by atoms with E-state index in [1.54, 1.807) is 7.11 Å². The lowest BCUT2D eigenvalue weighted by atomic mass is 10.0. The van der Waals surface area contributed by atoms with Crippen LogP contribution >= 0.6 is 12.2 Å². The van der Waals surface area contributed by atoms with E-state index in [4.69, 9.17) is 22.7 Å². The Labute approximate surface area is 120 Å². The summed E-state index contributed by atoms with van der Waals surface area (Å²) in [5.74, 6) is 0.783. The zero-order valence-corrected chi connectivity index (χ0v) is 13.1. The summed E-state index contributed by atoms with van der Waals surface area (Å²) >= 11 is 5.07. The minimum Gasteiger partial charge on any atom is -0.497 e. The number of methoxy groups -OCH3 is 1. The molecule has 0 aliphatic heterocycles. The molecule has 1 rings (SSSR count). The van der Waals surface area contributed by atoms with Crippen LogP contribution < -0.4 is 15.8 Å². The number of ether oxygens (including phenoxy) is 1. The van der Waals surface area contributed by atoms with E-state index in [9.17, 15) is 0 Å². The van der Waals surface area contributed by atoms with Crippen LogP contribution in [0.3, 0.4) is 0 Å². The van der Waals surface area contributed by atoms with Gasteiger partial charge in [-0.15, -0.1) is 0 Å². The second-order valence-electron chi connectivity index (χ2n) is 5.34. The normalized spacial score (nSPS) is 11.5. The molecule has 19 heavy (non-hydrogen) atoms. The second-order valence-corrected chi connectivity index (χ2v) is 5.78. The lowest BCUT2D eigenvalue weighted by Crippen LogP contribution is -2.44. The number of hydrogen-bond acceptors (Lipinski definition) is 4. The third-order valence-electron chi connectivity index (χ3n) is 3.41. The summed E-state index contributed by atoms with van der Waals surface area (Å²) in [5.41, 5.74) is 7.51. The maximum absolute atomic E-state index is 5.75. The molecule has 0 spiro atoms. The van der Waals surface area contributed by atoms with E-state index in [1.165, 1.54) is 0 Å². The molecule has 0 atom stereocenters. The fourth-order valence-electron chi connectivity index (χ4n) is 1.48. The number of benzene rings is 1. The van der Waals surface area contributed by atoms with E-state index in [-0.39, 0.29) is 5.54 Å². The van der Waals surface area contributed by atoms with E-state index in [0.717, 1.165) is 23.5 Å². The van der Waals surface area contributed by atoms with E-state index in [0.29, 0.717) is 4.99 Å². The molecule has 0 saturated heterocycles. The zero-order chi connectivity index (χ0) is 14.6. The molecular weight excluding hydrogens is 258 g/mol. The highest BCUT2D eigenvalue weighted by Gasteiger charge is 2.20. The van der Waals surface area contributed by atoms with Gasteiger partial charge in [0.05, 0.1) is 7.11 Å². The first kappa shape index (κ1) is 15.7. The van der Waals surface area contributed by atoms with Crippen LogP contribution in [0.1, 0.15) is 19.4 Å². The summed E-state index contributed by atoms with van der Waals surface area (Å²) in [6.45, 7) is 5.12. The van der Waals surface area contributed by atoms with E-state index < -0.39 is 0 Å². The van der Waals surface area contributed by atoms with Gasteiger partial charge in [-0.3, -0.25) is 0 Å². The average molecular weight is 281 g/mol. The van der Waals surface area contributed by atoms with Crippen LogP contribution in [0.2, 0.25) is 0 Å². The third kappa shape index (κ3) is 4.08. The Hall–Kier alpha value is -1.33. The molecule has 0 amide bonds. The maximum atomic E-state index is 5.75. The fraction of sp³-hybridized carbons (Fsp3) is 0.500. The average Bonchev–Trinajstić information content (AvgIpc) is 2.35. The van der Waals surface area contributed by atoms with Crippen molar-refractivity contribution in [3.8, 4) is 5.75 Å². The number of anilines is 1. The van der Waals surface area contributed by atoms with Gasteiger partial charge in [-0.05, 0) is 40.1 Å². The van der Waals surface area contributed by atoms with E-state index in [1.807, 2.05) is 18.2 Å². The first-order chi connectivity index (χ1) is 8.77. The molecule has 0 fully saturated rings. The smallest absolute Gasteiger partial charge is 0.120 e. The van der Waals surface area contributed by atoms with Gasteiger partial charge in [0.15, 0.2) is 0 Å². The first-order valence-electron chi connectivity index (χ1n) is 6.17. The Balaban J connectivity index is 2.95. The molecule has 0 aliphatic carbocycles. The molecule has 0 aliphatic rings. The number of rotatable bonds is 6. The van der Waals surface area contributed by atoms with Crippen LogP contribution in [0.5, 0.6) is 5.75 Å². The largest absolute Gasteiger partial charge is 0.497 e. The van der Waals surface area contributed by atoms with Crippen LogP contribution in [0.25, 0.3) is 0 Å². The van der Waals surface area contributed by atoms with Crippen molar-refractivity contribution in [1.29, 1.82) is 0 Å². The van der Waals surface area contributed by atoms with Crippen molar-refractivity contribution in [2.45, 2.75) is 19.4 Å². The van der Waals surface area contributed by atoms with E-state index in [2.05, 4.69) is 38.2 Å². The third-order valence-corrected chi connectivity index (χ3v) is 3.63. The summed E-state index contributed by atoms with van der Waals surface area (Å²) in [4.78, 5) is 2.55. The van der Waals surface area contributed by atoms with Crippen molar-refractivity contribution in [2.75, 3.05) is 33.1 Å². The van der Waals surface area contributed by atoms with Crippen molar-refractivity contribution >= 4 is 22.9 Å². The molecule has 1 aromatic carbocycles. The number of thiocarbonyl (C=S) groups is 1. The molecule has 5 heteroatoms. The molecule has 4 nitrogen and oxygen atoms in total. The predicted molar refractivity (Wildman–Crippen MR) is 85.1 cm³/mol. The first-order valence-corrected chi connectivity index (χ1v) is 6.58. The molecule has 0 radical (unpaired) electrons. The Kier molecular flexibility index (Phi) is 5.14. The van der Waals surface area contributed by atoms with Crippen molar-refractivity contribution in [3.63, 3.8) is 0 Å². The topological polar surface area (TPSA) is 50.5 Å². The summed E-state index contributed by atoms with van der Waals surface area (Å²) in [6, 6.07) is 5.66.